The van der Waals surface area contributed by atoms with Crippen molar-refractivity contribution in [2.75, 3.05) is 28.6 Å². The standard InChI is InChI=1S/C23H24BrN3O4S2/c1-3-30-20-12-10-18(11-13-20)26-23(32)25-17-6-8-19(9-7-17)27-33(28,29)22-15-16(24)5-14-21(22)31-4-2/h5-15,27H,3-4H2,1-2H3,(H2,25,26,32). The zero-order valence-electron chi connectivity index (χ0n) is 18.1. The van der Waals surface area contributed by atoms with E-state index in [2.05, 4.69) is 31.3 Å². The van der Waals surface area contributed by atoms with E-state index in [9.17, 15) is 8.42 Å². The maximum absolute atomic E-state index is 12.9. The summed E-state index contributed by atoms with van der Waals surface area (Å²) in [5, 5.41) is 6.57. The second-order valence-corrected chi connectivity index (χ2v) is 9.72. The van der Waals surface area contributed by atoms with E-state index in [1.54, 1.807) is 43.3 Å². The highest BCUT2D eigenvalue weighted by Gasteiger charge is 2.20. The van der Waals surface area contributed by atoms with Gasteiger partial charge in [0.05, 0.1) is 13.2 Å². The summed E-state index contributed by atoms with van der Waals surface area (Å²) in [6.45, 7) is 4.69. The Bertz CT molecular complexity index is 1200. The van der Waals surface area contributed by atoms with E-state index in [-0.39, 0.29) is 10.6 Å². The molecule has 0 aromatic heterocycles. The molecule has 10 heteroatoms. The first kappa shape index (κ1) is 24.8. The molecular weight excluding hydrogens is 526 g/mol. The number of halogens is 1. The Labute approximate surface area is 207 Å². The van der Waals surface area contributed by atoms with Crippen LogP contribution in [0.2, 0.25) is 0 Å². The topological polar surface area (TPSA) is 88.7 Å². The van der Waals surface area contributed by atoms with Gasteiger partial charge in [-0.15, -0.1) is 0 Å². The van der Waals surface area contributed by atoms with E-state index in [0.717, 1.165) is 11.4 Å². The lowest BCUT2D eigenvalue weighted by Crippen LogP contribution is -2.19. The Morgan fingerprint density at radius 2 is 1.39 bits per heavy atom. The van der Waals surface area contributed by atoms with E-state index in [1.165, 1.54) is 6.07 Å². The number of ether oxygens (including phenoxy) is 2. The Hall–Kier alpha value is -2.82. The second-order valence-electron chi connectivity index (χ2n) is 6.74. The van der Waals surface area contributed by atoms with Crippen LogP contribution in [0.5, 0.6) is 11.5 Å². The van der Waals surface area contributed by atoms with Crippen LogP contribution in [-0.4, -0.2) is 26.7 Å². The van der Waals surface area contributed by atoms with Gasteiger partial charge in [-0.3, -0.25) is 4.72 Å². The molecule has 0 heterocycles. The van der Waals surface area contributed by atoms with E-state index in [4.69, 9.17) is 21.7 Å². The first-order chi connectivity index (χ1) is 15.8. The van der Waals surface area contributed by atoms with Gasteiger partial charge in [-0.1, -0.05) is 15.9 Å². The summed E-state index contributed by atoms with van der Waals surface area (Å²) in [6.07, 6.45) is 0. The summed E-state index contributed by atoms with van der Waals surface area (Å²) < 4.78 is 39.9. The minimum absolute atomic E-state index is 0.0571. The SMILES string of the molecule is CCOc1ccc(NC(=S)Nc2ccc(NS(=O)(=O)c3cc(Br)ccc3OCC)cc2)cc1. The molecule has 3 N–H and O–H groups in total. The van der Waals surface area contributed by atoms with Crippen LogP contribution in [-0.2, 0) is 10.0 Å². The third-order valence-corrected chi connectivity index (χ3v) is 6.41. The van der Waals surface area contributed by atoms with E-state index < -0.39 is 10.0 Å². The predicted molar refractivity (Wildman–Crippen MR) is 140 cm³/mol. The Kier molecular flexibility index (Phi) is 8.54. The van der Waals surface area contributed by atoms with Gasteiger partial charge in [0.2, 0.25) is 0 Å². The monoisotopic (exact) mass is 549 g/mol. The summed E-state index contributed by atoms with van der Waals surface area (Å²) in [4.78, 5) is 0.0571. The van der Waals surface area contributed by atoms with Crippen LogP contribution in [0.4, 0.5) is 17.1 Å². The fraction of sp³-hybridized carbons (Fsp3) is 0.174. The lowest BCUT2D eigenvalue weighted by atomic mass is 10.3. The zero-order valence-corrected chi connectivity index (χ0v) is 21.3. The molecule has 0 saturated carbocycles. The van der Waals surface area contributed by atoms with Gasteiger partial charge >= 0.3 is 0 Å². The van der Waals surface area contributed by atoms with Crippen LogP contribution in [0.25, 0.3) is 0 Å². The number of sulfonamides is 1. The molecular formula is C23H24BrN3O4S2. The average molecular weight is 551 g/mol. The smallest absolute Gasteiger partial charge is 0.265 e. The van der Waals surface area contributed by atoms with Crippen molar-refractivity contribution >= 4 is 60.3 Å². The highest BCUT2D eigenvalue weighted by Crippen LogP contribution is 2.29. The molecule has 0 saturated heterocycles. The quantitative estimate of drug-likeness (QED) is 0.288. The van der Waals surface area contributed by atoms with E-state index in [0.29, 0.717) is 34.2 Å². The third-order valence-electron chi connectivity index (χ3n) is 4.31. The van der Waals surface area contributed by atoms with E-state index >= 15 is 0 Å². The summed E-state index contributed by atoms with van der Waals surface area (Å²) in [6, 6.07) is 19.1. The average Bonchev–Trinajstić information content (AvgIpc) is 2.78. The molecule has 0 amide bonds. The highest BCUT2D eigenvalue weighted by molar-refractivity contribution is 9.10. The summed E-state index contributed by atoms with van der Waals surface area (Å²) in [7, 11) is -3.85. The molecule has 3 rings (SSSR count). The van der Waals surface area contributed by atoms with Gasteiger partial charge in [0, 0.05) is 21.5 Å². The summed E-state index contributed by atoms with van der Waals surface area (Å²) >= 11 is 8.67. The second kappa shape index (κ2) is 11.4. The van der Waals surface area contributed by atoms with Crippen LogP contribution in [0.3, 0.4) is 0 Å². The number of hydrogen-bond acceptors (Lipinski definition) is 5. The fourth-order valence-electron chi connectivity index (χ4n) is 2.89. The number of nitrogens with one attached hydrogen (secondary N) is 3. The third kappa shape index (κ3) is 7.08. The molecule has 0 spiro atoms. The fourth-order valence-corrected chi connectivity index (χ4v) is 4.87. The first-order valence-corrected chi connectivity index (χ1v) is 12.8. The van der Waals surface area contributed by atoms with Crippen molar-refractivity contribution < 1.29 is 17.9 Å². The Morgan fingerprint density at radius 3 is 1.97 bits per heavy atom. The largest absolute Gasteiger partial charge is 0.494 e. The zero-order chi connectivity index (χ0) is 23.8. The van der Waals surface area contributed by atoms with Crippen molar-refractivity contribution in [1.29, 1.82) is 0 Å². The Balaban J connectivity index is 1.64. The Morgan fingerprint density at radius 1 is 0.848 bits per heavy atom. The van der Waals surface area contributed by atoms with Gasteiger partial charge in [-0.2, -0.15) is 0 Å². The van der Waals surface area contributed by atoms with Crippen molar-refractivity contribution in [1.82, 2.24) is 0 Å². The van der Waals surface area contributed by atoms with Crippen LogP contribution < -0.4 is 24.8 Å². The molecule has 0 bridgehead atoms. The van der Waals surface area contributed by atoms with Crippen LogP contribution in [0, 0.1) is 0 Å². The molecule has 0 radical (unpaired) electrons. The maximum atomic E-state index is 12.9. The van der Waals surface area contributed by atoms with Crippen molar-refractivity contribution in [3.63, 3.8) is 0 Å². The molecule has 3 aromatic carbocycles. The maximum Gasteiger partial charge on any atom is 0.265 e. The van der Waals surface area contributed by atoms with E-state index in [1.807, 2.05) is 31.2 Å². The molecule has 0 atom stereocenters. The summed E-state index contributed by atoms with van der Waals surface area (Å²) in [5.74, 6) is 1.08. The molecule has 7 nitrogen and oxygen atoms in total. The predicted octanol–water partition coefficient (Wildman–Crippen LogP) is 5.86. The van der Waals surface area contributed by atoms with Crippen molar-refractivity contribution in [2.24, 2.45) is 0 Å². The normalized spacial score (nSPS) is 10.9. The number of rotatable bonds is 9. The molecule has 0 fully saturated rings. The molecule has 0 aliphatic carbocycles. The lowest BCUT2D eigenvalue weighted by Gasteiger charge is -2.14. The van der Waals surface area contributed by atoms with Gasteiger partial charge < -0.3 is 20.1 Å². The highest BCUT2D eigenvalue weighted by atomic mass is 79.9. The van der Waals surface area contributed by atoms with Crippen molar-refractivity contribution in [2.45, 2.75) is 18.7 Å². The van der Waals surface area contributed by atoms with Crippen molar-refractivity contribution in [3.8, 4) is 11.5 Å². The molecule has 0 unspecified atom stereocenters. The molecule has 0 aliphatic heterocycles. The van der Waals surface area contributed by atoms with Gasteiger partial charge in [-0.05, 0) is 92.8 Å². The van der Waals surface area contributed by atoms with Gasteiger partial charge in [-0.25, -0.2) is 8.42 Å². The van der Waals surface area contributed by atoms with Crippen LogP contribution in [0.15, 0.2) is 76.1 Å². The summed E-state index contributed by atoms with van der Waals surface area (Å²) in [5.41, 5.74) is 1.94. The minimum Gasteiger partial charge on any atom is -0.494 e. The number of hydrogen-bond donors (Lipinski definition) is 3. The number of benzene rings is 3. The molecule has 3 aromatic rings. The van der Waals surface area contributed by atoms with Gasteiger partial charge in [0.1, 0.15) is 16.4 Å². The molecule has 174 valence electrons. The molecule has 33 heavy (non-hydrogen) atoms. The first-order valence-electron chi connectivity index (χ1n) is 10.2. The minimum atomic E-state index is -3.85. The van der Waals surface area contributed by atoms with Gasteiger partial charge in [0.15, 0.2) is 5.11 Å². The van der Waals surface area contributed by atoms with Crippen LogP contribution >= 0.6 is 28.1 Å². The lowest BCUT2D eigenvalue weighted by molar-refractivity contribution is 0.331. The number of thiocarbonyl (C=S) groups is 1. The molecule has 0 aliphatic rings. The van der Waals surface area contributed by atoms with Gasteiger partial charge in [0.25, 0.3) is 10.0 Å². The number of anilines is 3. The van der Waals surface area contributed by atoms with Crippen molar-refractivity contribution in [3.05, 3.63) is 71.2 Å². The van der Waals surface area contributed by atoms with Crippen LogP contribution in [0.1, 0.15) is 13.8 Å².